The van der Waals surface area contributed by atoms with Crippen LogP contribution in [0.15, 0.2) is 18.2 Å². The van der Waals surface area contributed by atoms with Crippen LogP contribution in [0.1, 0.15) is 23.3 Å². The normalized spacial score (nSPS) is 16.5. The van der Waals surface area contributed by atoms with Crippen molar-refractivity contribution in [3.05, 3.63) is 34.0 Å². The zero-order chi connectivity index (χ0) is 18.0. The third kappa shape index (κ3) is 3.15. The van der Waals surface area contributed by atoms with Gasteiger partial charge in [0.2, 0.25) is 0 Å². The maximum absolute atomic E-state index is 12.4. The molecule has 2 aromatic rings. The number of ether oxygens (including phenoxy) is 1. The molecule has 0 radical (unpaired) electrons. The molecule has 2 heterocycles. The molecular weight excluding hydrogens is 332 g/mol. The van der Waals surface area contributed by atoms with Gasteiger partial charge in [0.25, 0.3) is 11.6 Å². The third-order valence-corrected chi connectivity index (χ3v) is 4.46. The minimum Gasteiger partial charge on any atom is -0.481 e. The van der Waals surface area contributed by atoms with E-state index in [0.29, 0.717) is 37.0 Å². The van der Waals surface area contributed by atoms with Gasteiger partial charge in [-0.1, -0.05) is 0 Å². The Kier molecular flexibility index (Phi) is 4.36. The number of carbonyl (C=O) groups is 2. The molecule has 3 rings (SSSR count). The molecule has 1 fully saturated rings. The van der Waals surface area contributed by atoms with E-state index in [4.69, 9.17) is 4.74 Å². The monoisotopic (exact) mass is 348 g/mol. The molecule has 10 nitrogen and oxygen atoms in total. The topological polar surface area (TPSA) is 147 Å². The van der Waals surface area contributed by atoms with Crippen molar-refractivity contribution in [3.63, 3.8) is 0 Å². The van der Waals surface area contributed by atoms with Crippen molar-refractivity contribution in [3.8, 4) is 0 Å². The second-order valence-electron chi connectivity index (χ2n) is 5.94. The van der Waals surface area contributed by atoms with Gasteiger partial charge in [-0.25, -0.2) is 0 Å². The SMILES string of the molecule is O=C(NCC1(C(=O)O)CCOCC1)c1n[nH]c2ccc([N+](=O)[O-])cc12. The van der Waals surface area contributed by atoms with Crippen LogP contribution in [0.2, 0.25) is 0 Å². The van der Waals surface area contributed by atoms with Crippen LogP contribution in [0.4, 0.5) is 5.69 Å². The highest BCUT2D eigenvalue weighted by Crippen LogP contribution is 2.30. The van der Waals surface area contributed by atoms with E-state index < -0.39 is 22.2 Å². The highest BCUT2D eigenvalue weighted by Gasteiger charge is 2.40. The molecule has 0 bridgehead atoms. The quantitative estimate of drug-likeness (QED) is 0.541. The lowest BCUT2D eigenvalue weighted by Gasteiger charge is -2.33. The summed E-state index contributed by atoms with van der Waals surface area (Å²) < 4.78 is 5.19. The molecule has 25 heavy (non-hydrogen) atoms. The van der Waals surface area contributed by atoms with Crippen LogP contribution in [-0.4, -0.2) is 51.9 Å². The lowest BCUT2D eigenvalue weighted by Crippen LogP contribution is -2.46. The minimum atomic E-state index is -1.08. The molecule has 0 unspecified atom stereocenters. The standard InChI is InChI=1S/C15H16N4O6/c20-13(16-8-15(14(21)22)3-5-25-6-4-15)12-10-7-9(19(23)24)1-2-11(10)17-18-12/h1-2,7H,3-6,8H2,(H,16,20)(H,17,18)(H,21,22). The van der Waals surface area contributed by atoms with Crippen molar-refractivity contribution in [1.29, 1.82) is 0 Å². The van der Waals surface area contributed by atoms with Crippen LogP contribution in [0.3, 0.4) is 0 Å². The number of nitro benzene ring substituents is 1. The van der Waals surface area contributed by atoms with Crippen molar-refractivity contribution >= 4 is 28.5 Å². The second-order valence-corrected chi connectivity index (χ2v) is 5.94. The Labute approximate surface area is 141 Å². The van der Waals surface area contributed by atoms with Crippen molar-refractivity contribution in [2.45, 2.75) is 12.8 Å². The molecule has 0 saturated carbocycles. The van der Waals surface area contributed by atoms with Gasteiger partial charge in [-0.05, 0) is 18.9 Å². The van der Waals surface area contributed by atoms with Gasteiger partial charge in [-0.2, -0.15) is 5.10 Å². The zero-order valence-electron chi connectivity index (χ0n) is 13.2. The summed E-state index contributed by atoms with van der Waals surface area (Å²) in [6.07, 6.45) is 0.602. The van der Waals surface area contributed by atoms with Crippen LogP contribution >= 0.6 is 0 Å². The van der Waals surface area contributed by atoms with E-state index in [0.717, 1.165) is 0 Å². The number of amides is 1. The number of benzene rings is 1. The fourth-order valence-corrected chi connectivity index (χ4v) is 2.85. The number of H-pyrrole nitrogens is 1. The molecule has 1 aliphatic rings. The fraction of sp³-hybridized carbons (Fsp3) is 0.400. The first-order chi connectivity index (χ1) is 11.9. The lowest BCUT2D eigenvalue weighted by molar-refractivity contribution is -0.384. The van der Waals surface area contributed by atoms with Gasteiger partial charge < -0.3 is 15.2 Å². The molecule has 10 heteroatoms. The van der Waals surface area contributed by atoms with E-state index in [9.17, 15) is 24.8 Å². The van der Waals surface area contributed by atoms with Gasteiger partial charge >= 0.3 is 5.97 Å². The average Bonchev–Trinajstić information content (AvgIpc) is 3.03. The number of aliphatic carboxylic acids is 1. The number of nitro groups is 1. The van der Waals surface area contributed by atoms with Crippen LogP contribution in [0, 0.1) is 15.5 Å². The largest absolute Gasteiger partial charge is 0.481 e. The average molecular weight is 348 g/mol. The number of carbonyl (C=O) groups excluding carboxylic acids is 1. The highest BCUT2D eigenvalue weighted by molar-refractivity contribution is 6.05. The summed E-state index contributed by atoms with van der Waals surface area (Å²) in [6, 6.07) is 4.03. The Hall–Kier alpha value is -3.01. The van der Waals surface area contributed by atoms with Gasteiger partial charge in [0.15, 0.2) is 5.69 Å². The summed E-state index contributed by atoms with van der Waals surface area (Å²) in [4.78, 5) is 34.4. The second kappa shape index (κ2) is 6.48. The van der Waals surface area contributed by atoms with Crippen molar-refractivity contribution in [2.24, 2.45) is 5.41 Å². The number of hydrogen-bond donors (Lipinski definition) is 3. The molecule has 132 valence electrons. The number of aromatic nitrogens is 2. The number of nitrogens with zero attached hydrogens (tertiary/aromatic N) is 2. The fourth-order valence-electron chi connectivity index (χ4n) is 2.85. The van der Waals surface area contributed by atoms with Gasteiger partial charge in [-0.15, -0.1) is 0 Å². The number of rotatable bonds is 5. The number of nitrogens with one attached hydrogen (secondary N) is 2. The van der Waals surface area contributed by atoms with Crippen LogP contribution in [0.5, 0.6) is 0 Å². The van der Waals surface area contributed by atoms with Crippen LogP contribution in [0.25, 0.3) is 10.9 Å². The predicted octanol–water partition coefficient (Wildman–Crippen LogP) is 1.08. The number of fused-ring (bicyclic) bond motifs is 1. The number of hydrogen-bond acceptors (Lipinski definition) is 6. The van der Waals surface area contributed by atoms with E-state index in [-0.39, 0.29) is 17.9 Å². The third-order valence-electron chi connectivity index (χ3n) is 4.46. The smallest absolute Gasteiger partial charge is 0.311 e. The molecule has 1 aromatic heterocycles. The highest BCUT2D eigenvalue weighted by atomic mass is 16.6. The maximum atomic E-state index is 12.4. The Bertz CT molecular complexity index is 840. The van der Waals surface area contributed by atoms with Gasteiger partial charge in [0, 0.05) is 37.3 Å². The molecule has 1 amide bonds. The molecule has 0 atom stereocenters. The molecule has 1 aliphatic heterocycles. The Morgan fingerprint density at radius 2 is 2.12 bits per heavy atom. The van der Waals surface area contributed by atoms with Gasteiger partial charge in [-0.3, -0.25) is 24.8 Å². The first-order valence-electron chi connectivity index (χ1n) is 7.65. The molecule has 0 aliphatic carbocycles. The zero-order valence-corrected chi connectivity index (χ0v) is 13.2. The van der Waals surface area contributed by atoms with Crippen LogP contribution < -0.4 is 5.32 Å². The number of aromatic amines is 1. The van der Waals surface area contributed by atoms with Crippen LogP contribution in [-0.2, 0) is 9.53 Å². The summed E-state index contributed by atoms with van der Waals surface area (Å²) in [5.74, 6) is -1.57. The predicted molar refractivity (Wildman–Crippen MR) is 85.2 cm³/mol. The van der Waals surface area contributed by atoms with Gasteiger partial charge in [0.05, 0.1) is 15.9 Å². The summed E-state index contributed by atoms with van der Waals surface area (Å²) in [7, 11) is 0. The van der Waals surface area contributed by atoms with E-state index in [1.165, 1.54) is 18.2 Å². The van der Waals surface area contributed by atoms with E-state index in [1.807, 2.05) is 0 Å². The Morgan fingerprint density at radius 1 is 1.40 bits per heavy atom. The molecule has 1 aromatic carbocycles. The minimum absolute atomic E-state index is 0.00806. The Balaban J connectivity index is 1.81. The number of non-ortho nitro benzene ring substituents is 1. The van der Waals surface area contributed by atoms with Crippen molar-refractivity contribution in [1.82, 2.24) is 15.5 Å². The Morgan fingerprint density at radius 3 is 2.76 bits per heavy atom. The van der Waals surface area contributed by atoms with E-state index in [1.54, 1.807) is 0 Å². The van der Waals surface area contributed by atoms with Crippen molar-refractivity contribution < 1.29 is 24.4 Å². The first kappa shape index (κ1) is 16.8. The first-order valence-corrected chi connectivity index (χ1v) is 7.65. The van der Waals surface area contributed by atoms with Gasteiger partial charge in [0.1, 0.15) is 0 Å². The van der Waals surface area contributed by atoms with E-state index >= 15 is 0 Å². The number of carboxylic acid groups (broad SMARTS) is 1. The molecule has 1 saturated heterocycles. The number of carboxylic acids is 1. The summed E-state index contributed by atoms with van der Waals surface area (Å²) in [5, 5.41) is 29.8. The lowest BCUT2D eigenvalue weighted by atomic mass is 9.80. The van der Waals surface area contributed by atoms with Crippen molar-refractivity contribution in [2.75, 3.05) is 19.8 Å². The molecular formula is C15H16N4O6. The summed E-state index contributed by atoms with van der Waals surface area (Å²) >= 11 is 0. The molecule has 0 spiro atoms. The molecule has 3 N–H and O–H groups in total. The van der Waals surface area contributed by atoms with E-state index in [2.05, 4.69) is 15.5 Å². The maximum Gasteiger partial charge on any atom is 0.311 e. The summed E-state index contributed by atoms with van der Waals surface area (Å²) in [5.41, 5.74) is -0.762. The summed E-state index contributed by atoms with van der Waals surface area (Å²) in [6.45, 7) is 0.577.